The molecule has 2 aliphatic rings. The summed E-state index contributed by atoms with van der Waals surface area (Å²) in [7, 11) is 0. The third-order valence-electron chi connectivity index (χ3n) is 4.72. The molecule has 4 heterocycles. The highest BCUT2D eigenvalue weighted by Crippen LogP contribution is 2.37. The number of nitrogens with zero attached hydrogens (tertiary/aromatic N) is 2. The van der Waals surface area contributed by atoms with Crippen LogP contribution >= 0.6 is 0 Å². The second-order valence-corrected chi connectivity index (χ2v) is 6.45. The molecule has 2 aromatic rings. The highest BCUT2D eigenvalue weighted by molar-refractivity contribution is 5.91. The number of furan rings is 1. The molecule has 2 atom stereocenters. The number of hydrogen-bond acceptors (Lipinski definition) is 5. The molecule has 2 aromatic heterocycles. The summed E-state index contributed by atoms with van der Waals surface area (Å²) in [5, 5.41) is 0. The van der Waals surface area contributed by atoms with Gasteiger partial charge in [-0.25, -0.2) is 0 Å². The Labute approximate surface area is 140 Å². The van der Waals surface area contributed by atoms with Crippen LogP contribution in [-0.4, -0.2) is 47.2 Å². The highest BCUT2D eigenvalue weighted by atomic mass is 16.6. The van der Waals surface area contributed by atoms with Crippen molar-refractivity contribution in [2.75, 3.05) is 19.7 Å². The van der Waals surface area contributed by atoms with E-state index in [9.17, 15) is 4.79 Å². The molecular weight excluding hydrogens is 308 g/mol. The van der Waals surface area contributed by atoms with Crippen LogP contribution in [0.15, 0.2) is 47.3 Å². The average Bonchev–Trinajstić information content (AvgIpc) is 3.36. The number of carbonyl (C=O) groups excluding carboxylic acids is 1. The SMILES string of the molecule is O=C(c1ccco1)N1CC[C@]2(C[C@H](OCc3cccnc3)CO2)C1. The number of ether oxygens (including phenoxy) is 2. The van der Waals surface area contributed by atoms with E-state index in [1.165, 1.54) is 6.26 Å². The van der Waals surface area contributed by atoms with Crippen LogP contribution < -0.4 is 0 Å². The van der Waals surface area contributed by atoms with Gasteiger partial charge in [-0.15, -0.1) is 0 Å². The highest BCUT2D eigenvalue weighted by Gasteiger charge is 2.47. The number of likely N-dealkylation sites (tertiary alicyclic amines) is 1. The van der Waals surface area contributed by atoms with Gasteiger partial charge in [0.15, 0.2) is 5.76 Å². The van der Waals surface area contributed by atoms with Gasteiger partial charge in [0.05, 0.1) is 37.7 Å². The quantitative estimate of drug-likeness (QED) is 0.861. The van der Waals surface area contributed by atoms with Crippen LogP contribution in [0.25, 0.3) is 0 Å². The number of carbonyl (C=O) groups is 1. The summed E-state index contributed by atoms with van der Waals surface area (Å²) in [6.45, 7) is 2.39. The van der Waals surface area contributed by atoms with Crippen LogP contribution in [0.5, 0.6) is 0 Å². The summed E-state index contributed by atoms with van der Waals surface area (Å²) in [5.41, 5.74) is 0.779. The van der Waals surface area contributed by atoms with Crippen molar-refractivity contribution in [3.63, 3.8) is 0 Å². The summed E-state index contributed by atoms with van der Waals surface area (Å²) >= 11 is 0. The van der Waals surface area contributed by atoms with Gasteiger partial charge in [0.1, 0.15) is 0 Å². The maximum absolute atomic E-state index is 12.4. The van der Waals surface area contributed by atoms with E-state index in [-0.39, 0.29) is 17.6 Å². The molecule has 0 saturated carbocycles. The van der Waals surface area contributed by atoms with Crippen molar-refractivity contribution < 1.29 is 18.7 Å². The lowest BCUT2D eigenvalue weighted by atomic mass is 9.98. The first-order valence-electron chi connectivity index (χ1n) is 8.21. The largest absolute Gasteiger partial charge is 0.459 e. The molecule has 0 radical (unpaired) electrons. The van der Waals surface area contributed by atoms with Gasteiger partial charge in [-0.1, -0.05) is 6.07 Å². The fourth-order valence-electron chi connectivity index (χ4n) is 3.47. The van der Waals surface area contributed by atoms with Crippen molar-refractivity contribution >= 4 is 5.91 Å². The zero-order valence-electron chi connectivity index (χ0n) is 13.4. The van der Waals surface area contributed by atoms with Gasteiger partial charge in [0, 0.05) is 25.4 Å². The number of rotatable bonds is 4. The first kappa shape index (κ1) is 15.4. The van der Waals surface area contributed by atoms with E-state index in [0.717, 1.165) is 18.4 Å². The fraction of sp³-hybridized carbons (Fsp3) is 0.444. The monoisotopic (exact) mass is 328 g/mol. The average molecular weight is 328 g/mol. The van der Waals surface area contributed by atoms with E-state index in [1.807, 2.05) is 23.2 Å². The lowest BCUT2D eigenvalue weighted by Crippen LogP contribution is -2.36. The fourth-order valence-corrected chi connectivity index (χ4v) is 3.47. The minimum atomic E-state index is -0.276. The molecule has 2 aliphatic heterocycles. The van der Waals surface area contributed by atoms with Crippen molar-refractivity contribution in [3.8, 4) is 0 Å². The molecule has 126 valence electrons. The predicted octanol–water partition coefficient (Wildman–Crippen LogP) is 2.27. The molecule has 2 saturated heterocycles. The second kappa shape index (κ2) is 6.37. The zero-order chi connectivity index (χ0) is 16.4. The molecule has 2 fully saturated rings. The molecule has 0 aliphatic carbocycles. The standard InChI is InChI=1S/C18H20N2O4/c21-17(16-4-2-8-22-16)20-7-5-18(13-20)9-15(12-24-18)23-11-14-3-1-6-19-10-14/h1-4,6,8,10,15H,5,7,9,11-13H2/t15-,18-/m0/s1. The number of pyridine rings is 1. The van der Waals surface area contributed by atoms with E-state index < -0.39 is 0 Å². The third-order valence-corrected chi connectivity index (χ3v) is 4.72. The second-order valence-electron chi connectivity index (χ2n) is 6.45. The smallest absolute Gasteiger partial charge is 0.289 e. The number of amides is 1. The Hall–Kier alpha value is -2.18. The molecule has 1 amide bonds. The first-order valence-corrected chi connectivity index (χ1v) is 8.21. The molecule has 0 bridgehead atoms. The zero-order valence-corrected chi connectivity index (χ0v) is 13.4. The normalized spacial score (nSPS) is 26.3. The molecule has 24 heavy (non-hydrogen) atoms. The maximum atomic E-state index is 12.4. The minimum absolute atomic E-state index is 0.0591. The minimum Gasteiger partial charge on any atom is -0.459 e. The Balaban J connectivity index is 1.32. The van der Waals surface area contributed by atoms with Crippen LogP contribution in [0.4, 0.5) is 0 Å². The number of aromatic nitrogens is 1. The van der Waals surface area contributed by atoms with E-state index >= 15 is 0 Å². The van der Waals surface area contributed by atoms with Crippen LogP contribution in [0.2, 0.25) is 0 Å². The predicted molar refractivity (Wildman–Crippen MR) is 85.3 cm³/mol. The lowest BCUT2D eigenvalue weighted by Gasteiger charge is -2.22. The van der Waals surface area contributed by atoms with Crippen molar-refractivity contribution in [1.82, 2.24) is 9.88 Å². The van der Waals surface area contributed by atoms with Crippen LogP contribution in [0.1, 0.15) is 29.0 Å². The first-order chi connectivity index (χ1) is 11.7. The van der Waals surface area contributed by atoms with E-state index in [2.05, 4.69) is 4.98 Å². The van der Waals surface area contributed by atoms with E-state index in [0.29, 0.717) is 32.1 Å². The molecule has 0 N–H and O–H groups in total. The summed E-state index contributed by atoms with van der Waals surface area (Å²) < 4.78 is 17.2. The van der Waals surface area contributed by atoms with Gasteiger partial charge in [-0.05, 0) is 30.2 Å². The van der Waals surface area contributed by atoms with Crippen molar-refractivity contribution in [3.05, 3.63) is 54.2 Å². The number of hydrogen-bond donors (Lipinski definition) is 0. The van der Waals surface area contributed by atoms with Gasteiger partial charge in [-0.2, -0.15) is 0 Å². The summed E-state index contributed by atoms with van der Waals surface area (Å²) in [5.74, 6) is 0.314. The van der Waals surface area contributed by atoms with Crippen molar-refractivity contribution in [2.45, 2.75) is 31.2 Å². The van der Waals surface area contributed by atoms with Crippen LogP contribution in [0, 0.1) is 0 Å². The van der Waals surface area contributed by atoms with Gasteiger partial charge in [0.25, 0.3) is 5.91 Å². The molecule has 6 nitrogen and oxygen atoms in total. The topological polar surface area (TPSA) is 64.8 Å². The molecule has 6 heteroatoms. The molecular formula is C18H20N2O4. The third kappa shape index (κ3) is 3.07. The van der Waals surface area contributed by atoms with Crippen molar-refractivity contribution in [1.29, 1.82) is 0 Å². The molecule has 0 unspecified atom stereocenters. The van der Waals surface area contributed by atoms with Crippen LogP contribution in [-0.2, 0) is 16.1 Å². The summed E-state index contributed by atoms with van der Waals surface area (Å²) in [6.07, 6.45) is 6.80. The van der Waals surface area contributed by atoms with Crippen LogP contribution in [0.3, 0.4) is 0 Å². The Morgan fingerprint density at radius 2 is 2.38 bits per heavy atom. The Morgan fingerprint density at radius 1 is 1.42 bits per heavy atom. The molecule has 0 aromatic carbocycles. The van der Waals surface area contributed by atoms with Gasteiger partial charge in [-0.3, -0.25) is 9.78 Å². The van der Waals surface area contributed by atoms with Crippen molar-refractivity contribution in [2.24, 2.45) is 0 Å². The Bertz CT molecular complexity index is 688. The maximum Gasteiger partial charge on any atom is 0.289 e. The van der Waals surface area contributed by atoms with Gasteiger partial charge >= 0.3 is 0 Å². The Kier molecular flexibility index (Phi) is 4.08. The van der Waals surface area contributed by atoms with E-state index in [1.54, 1.807) is 18.3 Å². The molecule has 1 spiro atoms. The molecule has 4 rings (SSSR count). The summed E-state index contributed by atoms with van der Waals surface area (Å²) in [4.78, 5) is 18.3. The van der Waals surface area contributed by atoms with E-state index in [4.69, 9.17) is 13.9 Å². The lowest BCUT2D eigenvalue weighted by molar-refractivity contribution is 0.0000820. The van der Waals surface area contributed by atoms with Gasteiger partial charge < -0.3 is 18.8 Å². The Morgan fingerprint density at radius 3 is 3.17 bits per heavy atom. The van der Waals surface area contributed by atoms with Gasteiger partial charge in [0.2, 0.25) is 0 Å². The summed E-state index contributed by atoms with van der Waals surface area (Å²) in [6, 6.07) is 7.33.